The van der Waals surface area contributed by atoms with Crippen LogP contribution in [0, 0.1) is 5.41 Å². The Bertz CT molecular complexity index is 1240. The zero-order chi connectivity index (χ0) is 24.3. The lowest BCUT2D eigenvalue weighted by atomic mass is 9.71. The normalized spacial score (nSPS) is 15.4. The van der Waals surface area contributed by atoms with Crippen molar-refractivity contribution in [3.63, 3.8) is 0 Å². The van der Waals surface area contributed by atoms with Crippen molar-refractivity contribution >= 4 is 17.4 Å². The summed E-state index contributed by atoms with van der Waals surface area (Å²) in [6.07, 6.45) is 6.61. The summed E-state index contributed by atoms with van der Waals surface area (Å²) in [4.78, 5) is 36.8. The standard InChI is InChI=1S/C28H32ClN3O2/c1-18(2)20-8-7-9-21(17-20)25-30-26(32-27(34)31-25)22-16-19(10-12-23(22)29)11-13-24(33)28(3)14-5-4-6-15-28/h7-10,12,16-18H,4-6,11,13-15H2,1-3H3,(H,30,31,32,34). The summed E-state index contributed by atoms with van der Waals surface area (Å²) in [6, 6.07) is 13.6. The Balaban J connectivity index is 1.60. The van der Waals surface area contributed by atoms with Crippen molar-refractivity contribution in [1.82, 2.24) is 15.0 Å². The summed E-state index contributed by atoms with van der Waals surface area (Å²) in [5.41, 5.74) is 2.91. The van der Waals surface area contributed by atoms with E-state index in [1.165, 1.54) is 6.42 Å². The van der Waals surface area contributed by atoms with E-state index in [0.717, 1.165) is 42.4 Å². The third-order valence-electron chi connectivity index (χ3n) is 7.02. The number of aromatic amines is 1. The van der Waals surface area contributed by atoms with Crippen LogP contribution in [0.4, 0.5) is 0 Å². The van der Waals surface area contributed by atoms with Gasteiger partial charge in [0.05, 0.1) is 5.02 Å². The third kappa shape index (κ3) is 5.47. The maximum absolute atomic E-state index is 12.9. The number of aryl methyl sites for hydroxylation is 1. The van der Waals surface area contributed by atoms with Crippen LogP contribution in [0.25, 0.3) is 22.8 Å². The number of aromatic nitrogens is 3. The molecule has 34 heavy (non-hydrogen) atoms. The van der Waals surface area contributed by atoms with E-state index in [4.69, 9.17) is 11.6 Å². The molecule has 0 amide bonds. The Kier molecular flexibility index (Phi) is 7.32. The maximum Gasteiger partial charge on any atom is 0.348 e. The molecule has 3 aromatic rings. The molecule has 0 bridgehead atoms. The molecule has 1 fully saturated rings. The topological polar surface area (TPSA) is 75.7 Å². The monoisotopic (exact) mass is 477 g/mol. The number of benzene rings is 2. The van der Waals surface area contributed by atoms with Gasteiger partial charge in [0.15, 0.2) is 5.82 Å². The Hall–Kier alpha value is -2.79. The van der Waals surface area contributed by atoms with Crippen molar-refractivity contribution in [3.05, 3.63) is 69.1 Å². The Morgan fingerprint density at radius 2 is 1.85 bits per heavy atom. The number of hydrogen-bond acceptors (Lipinski definition) is 4. The van der Waals surface area contributed by atoms with Gasteiger partial charge < -0.3 is 0 Å². The summed E-state index contributed by atoms with van der Waals surface area (Å²) >= 11 is 6.51. The minimum Gasteiger partial charge on any atom is -0.299 e. The number of carbonyl (C=O) groups is 1. The van der Waals surface area contributed by atoms with Crippen molar-refractivity contribution in [3.8, 4) is 22.8 Å². The first-order chi connectivity index (χ1) is 16.2. The smallest absolute Gasteiger partial charge is 0.299 e. The van der Waals surface area contributed by atoms with Gasteiger partial charge in [0.1, 0.15) is 11.6 Å². The number of H-pyrrole nitrogens is 1. The molecule has 1 heterocycles. The van der Waals surface area contributed by atoms with Crippen molar-refractivity contribution in [2.75, 3.05) is 0 Å². The molecule has 0 saturated heterocycles. The summed E-state index contributed by atoms with van der Waals surface area (Å²) in [5, 5.41) is 0.491. The average molecular weight is 478 g/mol. The summed E-state index contributed by atoms with van der Waals surface area (Å²) in [7, 11) is 0. The molecule has 2 aromatic carbocycles. The molecule has 0 aliphatic heterocycles. The second-order valence-corrected chi connectivity index (χ2v) is 10.4. The number of hydrogen-bond donors (Lipinski definition) is 1. The lowest BCUT2D eigenvalue weighted by Gasteiger charge is -2.32. The molecule has 178 valence electrons. The van der Waals surface area contributed by atoms with Crippen LogP contribution in [-0.4, -0.2) is 20.7 Å². The molecule has 5 nitrogen and oxygen atoms in total. The van der Waals surface area contributed by atoms with Crippen molar-refractivity contribution in [1.29, 1.82) is 0 Å². The Morgan fingerprint density at radius 3 is 2.59 bits per heavy atom. The zero-order valence-electron chi connectivity index (χ0n) is 20.2. The van der Waals surface area contributed by atoms with Crippen molar-refractivity contribution in [2.24, 2.45) is 5.41 Å². The summed E-state index contributed by atoms with van der Waals surface area (Å²) in [6.45, 7) is 6.35. The Labute approximate surface area is 206 Å². The molecule has 1 N–H and O–H groups in total. The highest BCUT2D eigenvalue weighted by atomic mass is 35.5. The van der Waals surface area contributed by atoms with E-state index in [1.54, 1.807) is 6.07 Å². The van der Waals surface area contributed by atoms with Crippen LogP contribution in [0.2, 0.25) is 5.02 Å². The average Bonchev–Trinajstić information content (AvgIpc) is 2.83. The van der Waals surface area contributed by atoms with Crippen LogP contribution in [0.15, 0.2) is 47.3 Å². The van der Waals surface area contributed by atoms with E-state index < -0.39 is 5.69 Å². The van der Waals surface area contributed by atoms with Gasteiger partial charge in [-0.05, 0) is 54.5 Å². The van der Waals surface area contributed by atoms with E-state index in [0.29, 0.717) is 46.8 Å². The van der Waals surface area contributed by atoms with Crippen molar-refractivity contribution < 1.29 is 4.79 Å². The van der Waals surface area contributed by atoms with Crippen LogP contribution in [0.5, 0.6) is 0 Å². The quantitative estimate of drug-likeness (QED) is 0.408. The molecule has 4 rings (SSSR count). The second-order valence-electron chi connectivity index (χ2n) is 9.96. The van der Waals surface area contributed by atoms with Gasteiger partial charge in [0.2, 0.25) is 0 Å². The molecule has 1 aliphatic rings. The highest BCUT2D eigenvalue weighted by Crippen LogP contribution is 2.38. The van der Waals surface area contributed by atoms with Gasteiger partial charge >= 0.3 is 5.69 Å². The molecule has 1 saturated carbocycles. The Morgan fingerprint density at radius 1 is 1.09 bits per heavy atom. The SMILES string of the molecule is CC(C)c1cccc(-c2nc(-c3cc(CCC(=O)C4(C)CCCCC4)ccc3Cl)[nH]c(=O)n2)c1. The van der Waals surface area contributed by atoms with Gasteiger partial charge in [-0.25, -0.2) is 9.78 Å². The van der Waals surface area contributed by atoms with E-state index in [2.05, 4.69) is 41.8 Å². The number of rotatable bonds is 7. The molecule has 0 spiro atoms. The number of halogens is 1. The van der Waals surface area contributed by atoms with Crippen LogP contribution in [-0.2, 0) is 11.2 Å². The predicted octanol–water partition coefficient (Wildman–Crippen LogP) is 6.75. The fourth-order valence-electron chi connectivity index (χ4n) is 4.76. The molecule has 0 atom stereocenters. The molecule has 1 aromatic heterocycles. The number of carbonyl (C=O) groups excluding carboxylic acids is 1. The van der Waals surface area contributed by atoms with Crippen molar-refractivity contribution in [2.45, 2.75) is 71.6 Å². The van der Waals surface area contributed by atoms with Crippen LogP contribution in [0.1, 0.15) is 76.3 Å². The first-order valence-electron chi connectivity index (χ1n) is 12.2. The van der Waals surface area contributed by atoms with Gasteiger partial charge in [-0.3, -0.25) is 9.78 Å². The van der Waals surface area contributed by atoms with E-state index in [9.17, 15) is 9.59 Å². The van der Waals surface area contributed by atoms with E-state index >= 15 is 0 Å². The highest BCUT2D eigenvalue weighted by Gasteiger charge is 2.33. The van der Waals surface area contributed by atoms with Gasteiger partial charge in [-0.2, -0.15) is 4.98 Å². The first kappa shape index (κ1) is 24.3. The molecule has 0 unspecified atom stereocenters. The number of nitrogens with zero attached hydrogens (tertiary/aromatic N) is 2. The van der Waals surface area contributed by atoms with Gasteiger partial charge in [0, 0.05) is 23.0 Å². The highest BCUT2D eigenvalue weighted by molar-refractivity contribution is 6.33. The minimum absolute atomic E-state index is 0.190. The van der Waals surface area contributed by atoms with Crippen LogP contribution >= 0.6 is 11.6 Å². The lowest BCUT2D eigenvalue weighted by Crippen LogP contribution is -2.30. The second kappa shape index (κ2) is 10.2. The van der Waals surface area contributed by atoms with Crippen LogP contribution in [0.3, 0.4) is 0 Å². The van der Waals surface area contributed by atoms with Crippen LogP contribution < -0.4 is 5.69 Å². The maximum atomic E-state index is 12.9. The molecular weight excluding hydrogens is 446 g/mol. The number of nitrogens with one attached hydrogen (secondary N) is 1. The minimum atomic E-state index is -0.475. The largest absolute Gasteiger partial charge is 0.348 e. The van der Waals surface area contributed by atoms with Gasteiger partial charge in [0.25, 0.3) is 0 Å². The molecule has 1 aliphatic carbocycles. The summed E-state index contributed by atoms with van der Waals surface area (Å²) in [5.74, 6) is 1.43. The van der Waals surface area contributed by atoms with Gasteiger partial charge in [-0.15, -0.1) is 0 Å². The third-order valence-corrected chi connectivity index (χ3v) is 7.35. The fraction of sp³-hybridized carbons (Fsp3) is 0.429. The predicted molar refractivity (Wildman–Crippen MR) is 137 cm³/mol. The molecule has 6 heteroatoms. The van der Waals surface area contributed by atoms with E-state index in [1.807, 2.05) is 30.3 Å². The molecular formula is C28H32ClN3O2. The number of ketones is 1. The first-order valence-corrected chi connectivity index (χ1v) is 12.5. The van der Waals surface area contributed by atoms with Gasteiger partial charge in [-0.1, -0.05) is 75.9 Å². The molecule has 0 radical (unpaired) electrons. The number of Topliss-reactive ketones (excluding diaryl/α,β-unsaturated/α-hetero) is 1. The van der Waals surface area contributed by atoms with E-state index in [-0.39, 0.29) is 5.41 Å². The zero-order valence-corrected chi connectivity index (χ0v) is 20.9. The lowest BCUT2D eigenvalue weighted by molar-refractivity contribution is -0.129. The fourth-order valence-corrected chi connectivity index (χ4v) is 4.96. The summed E-state index contributed by atoms with van der Waals surface area (Å²) < 4.78 is 0.